The zero-order valence-corrected chi connectivity index (χ0v) is 13.5. The van der Waals surface area contributed by atoms with Gasteiger partial charge in [0.1, 0.15) is 0 Å². The van der Waals surface area contributed by atoms with E-state index in [1.54, 1.807) is 18.2 Å². The standard InChI is InChI=1S/C14H10Cl2INO/c15-8-9-1-3-10(4-2-9)14(19)18-13-7-11(17)5-6-12(13)16/h1-7H,8H2,(H,18,19). The predicted octanol–water partition coefficient (Wildman–Crippen LogP) is 4.94. The molecule has 0 aromatic heterocycles. The molecule has 5 heteroatoms. The number of hydrogen-bond donors (Lipinski definition) is 1. The maximum atomic E-state index is 12.1. The van der Waals surface area contributed by atoms with Gasteiger partial charge in [0.25, 0.3) is 5.91 Å². The minimum atomic E-state index is -0.190. The summed E-state index contributed by atoms with van der Waals surface area (Å²) in [5.74, 6) is 0.245. The Labute approximate surface area is 135 Å². The summed E-state index contributed by atoms with van der Waals surface area (Å²) in [4.78, 5) is 12.1. The second-order valence-electron chi connectivity index (χ2n) is 3.91. The highest BCUT2D eigenvalue weighted by Crippen LogP contribution is 2.24. The molecule has 2 aromatic rings. The Morgan fingerprint density at radius 1 is 1.16 bits per heavy atom. The van der Waals surface area contributed by atoms with E-state index in [9.17, 15) is 4.79 Å². The number of benzene rings is 2. The van der Waals surface area contributed by atoms with E-state index in [-0.39, 0.29) is 5.91 Å². The van der Waals surface area contributed by atoms with E-state index >= 15 is 0 Å². The Bertz CT molecular complexity index is 599. The van der Waals surface area contributed by atoms with Gasteiger partial charge >= 0.3 is 0 Å². The molecule has 0 aliphatic heterocycles. The lowest BCUT2D eigenvalue weighted by molar-refractivity contribution is 0.102. The third-order valence-corrected chi connectivity index (χ3v) is 3.86. The van der Waals surface area contributed by atoms with E-state index in [1.165, 1.54) is 0 Å². The molecule has 0 atom stereocenters. The van der Waals surface area contributed by atoms with Crippen molar-refractivity contribution in [3.05, 3.63) is 62.2 Å². The number of nitrogens with one attached hydrogen (secondary N) is 1. The molecule has 2 aromatic carbocycles. The topological polar surface area (TPSA) is 29.1 Å². The fraction of sp³-hybridized carbons (Fsp3) is 0.0714. The normalized spacial score (nSPS) is 10.3. The maximum absolute atomic E-state index is 12.1. The first kappa shape index (κ1) is 14.6. The lowest BCUT2D eigenvalue weighted by Gasteiger charge is -2.08. The van der Waals surface area contributed by atoms with Gasteiger partial charge < -0.3 is 5.32 Å². The first-order chi connectivity index (χ1) is 9.10. The summed E-state index contributed by atoms with van der Waals surface area (Å²) in [7, 11) is 0. The number of amides is 1. The number of carbonyl (C=O) groups is 1. The highest BCUT2D eigenvalue weighted by molar-refractivity contribution is 14.1. The Hall–Kier alpha value is -0.780. The van der Waals surface area contributed by atoms with Crippen LogP contribution in [0.4, 0.5) is 5.69 Å². The molecule has 0 spiro atoms. The van der Waals surface area contributed by atoms with Gasteiger partial charge in [0, 0.05) is 15.0 Å². The van der Waals surface area contributed by atoms with Crippen molar-refractivity contribution in [2.75, 3.05) is 5.32 Å². The van der Waals surface area contributed by atoms with E-state index < -0.39 is 0 Å². The average Bonchev–Trinajstić information content (AvgIpc) is 2.43. The molecule has 0 bridgehead atoms. The molecule has 2 rings (SSSR count). The first-order valence-electron chi connectivity index (χ1n) is 5.51. The third kappa shape index (κ3) is 3.84. The van der Waals surface area contributed by atoms with Gasteiger partial charge in [0.2, 0.25) is 0 Å². The number of anilines is 1. The van der Waals surface area contributed by atoms with Crippen molar-refractivity contribution in [3.63, 3.8) is 0 Å². The number of rotatable bonds is 3. The minimum absolute atomic E-state index is 0.190. The molecule has 1 amide bonds. The third-order valence-electron chi connectivity index (χ3n) is 2.55. The van der Waals surface area contributed by atoms with Crippen LogP contribution >= 0.6 is 45.8 Å². The first-order valence-corrected chi connectivity index (χ1v) is 7.50. The van der Waals surface area contributed by atoms with Gasteiger partial charge in [-0.1, -0.05) is 23.7 Å². The van der Waals surface area contributed by atoms with Crippen LogP contribution in [-0.2, 0) is 5.88 Å². The van der Waals surface area contributed by atoms with Crippen molar-refractivity contribution in [1.82, 2.24) is 0 Å². The maximum Gasteiger partial charge on any atom is 0.255 e. The highest BCUT2D eigenvalue weighted by Gasteiger charge is 2.08. The summed E-state index contributed by atoms with van der Waals surface area (Å²) in [6.07, 6.45) is 0. The monoisotopic (exact) mass is 405 g/mol. The number of alkyl halides is 1. The molecule has 1 N–H and O–H groups in total. The van der Waals surface area contributed by atoms with Crippen LogP contribution in [0.25, 0.3) is 0 Å². The smallest absolute Gasteiger partial charge is 0.255 e. The van der Waals surface area contributed by atoms with Crippen molar-refractivity contribution < 1.29 is 4.79 Å². The van der Waals surface area contributed by atoms with Crippen molar-refractivity contribution in [1.29, 1.82) is 0 Å². The average molecular weight is 406 g/mol. The van der Waals surface area contributed by atoms with Crippen molar-refractivity contribution in [2.24, 2.45) is 0 Å². The van der Waals surface area contributed by atoms with Crippen LogP contribution in [-0.4, -0.2) is 5.91 Å². The lowest BCUT2D eigenvalue weighted by Crippen LogP contribution is -2.12. The van der Waals surface area contributed by atoms with Gasteiger partial charge in [-0.05, 0) is 58.5 Å². The second kappa shape index (κ2) is 6.59. The SMILES string of the molecule is O=C(Nc1cc(I)ccc1Cl)c1ccc(CCl)cc1. The molecule has 0 aliphatic rings. The summed E-state index contributed by atoms with van der Waals surface area (Å²) >= 11 is 13.9. The van der Waals surface area contributed by atoms with Crippen LogP contribution in [0, 0.1) is 3.57 Å². The molecule has 0 heterocycles. The molecule has 0 radical (unpaired) electrons. The van der Waals surface area contributed by atoms with Gasteiger partial charge in [-0.2, -0.15) is 0 Å². The quantitative estimate of drug-likeness (QED) is 0.568. The summed E-state index contributed by atoms with van der Waals surface area (Å²) in [5, 5.41) is 3.32. The summed E-state index contributed by atoms with van der Waals surface area (Å²) in [6.45, 7) is 0. The largest absolute Gasteiger partial charge is 0.321 e. The van der Waals surface area contributed by atoms with Crippen molar-refractivity contribution >= 4 is 57.4 Å². The highest BCUT2D eigenvalue weighted by atomic mass is 127. The molecule has 0 unspecified atom stereocenters. The van der Waals surface area contributed by atoms with E-state index in [2.05, 4.69) is 27.9 Å². The summed E-state index contributed by atoms with van der Waals surface area (Å²) in [5.41, 5.74) is 2.16. The van der Waals surface area contributed by atoms with E-state index in [0.717, 1.165) is 9.13 Å². The van der Waals surface area contributed by atoms with Crippen LogP contribution < -0.4 is 5.32 Å². The lowest BCUT2D eigenvalue weighted by atomic mass is 10.1. The molecule has 98 valence electrons. The fourth-order valence-electron chi connectivity index (χ4n) is 1.53. The molecule has 19 heavy (non-hydrogen) atoms. The second-order valence-corrected chi connectivity index (χ2v) is 5.83. The Kier molecular flexibility index (Phi) is 5.07. The van der Waals surface area contributed by atoms with E-state index in [4.69, 9.17) is 23.2 Å². The van der Waals surface area contributed by atoms with Crippen LogP contribution in [0.5, 0.6) is 0 Å². The molecule has 0 aliphatic carbocycles. The van der Waals surface area contributed by atoms with Gasteiger partial charge in [-0.3, -0.25) is 4.79 Å². The van der Waals surface area contributed by atoms with E-state index in [0.29, 0.717) is 22.2 Å². The number of carbonyl (C=O) groups excluding carboxylic acids is 1. The zero-order valence-electron chi connectivity index (χ0n) is 9.79. The molecule has 2 nitrogen and oxygen atoms in total. The van der Waals surface area contributed by atoms with Crippen LogP contribution in [0.2, 0.25) is 5.02 Å². The van der Waals surface area contributed by atoms with E-state index in [1.807, 2.05) is 24.3 Å². The summed E-state index contributed by atoms with van der Waals surface area (Å²) in [6, 6.07) is 12.6. The minimum Gasteiger partial charge on any atom is -0.321 e. The van der Waals surface area contributed by atoms with Crippen LogP contribution in [0.1, 0.15) is 15.9 Å². The van der Waals surface area contributed by atoms with Crippen LogP contribution in [0.3, 0.4) is 0 Å². The van der Waals surface area contributed by atoms with Gasteiger partial charge in [-0.15, -0.1) is 11.6 Å². The predicted molar refractivity (Wildman–Crippen MR) is 88.1 cm³/mol. The molecule has 0 saturated heterocycles. The fourth-order valence-corrected chi connectivity index (χ4v) is 2.37. The van der Waals surface area contributed by atoms with Crippen molar-refractivity contribution in [2.45, 2.75) is 5.88 Å². The Morgan fingerprint density at radius 3 is 2.47 bits per heavy atom. The zero-order chi connectivity index (χ0) is 13.8. The van der Waals surface area contributed by atoms with Crippen LogP contribution in [0.15, 0.2) is 42.5 Å². The summed E-state index contributed by atoms with van der Waals surface area (Å²) < 4.78 is 1.01. The van der Waals surface area contributed by atoms with Gasteiger partial charge in [-0.25, -0.2) is 0 Å². The Balaban J connectivity index is 2.18. The molecular weight excluding hydrogens is 396 g/mol. The number of halogens is 3. The van der Waals surface area contributed by atoms with Gasteiger partial charge in [0.15, 0.2) is 0 Å². The molecule has 0 saturated carbocycles. The van der Waals surface area contributed by atoms with Crippen molar-refractivity contribution in [3.8, 4) is 0 Å². The Morgan fingerprint density at radius 2 is 1.84 bits per heavy atom. The number of hydrogen-bond acceptors (Lipinski definition) is 1. The molecular formula is C14H10Cl2INO. The molecule has 0 fully saturated rings. The van der Waals surface area contributed by atoms with Gasteiger partial charge in [0.05, 0.1) is 10.7 Å².